The minimum atomic E-state index is 0.312. The zero-order valence-electron chi connectivity index (χ0n) is 21.2. The van der Waals surface area contributed by atoms with Crippen molar-refractivity contribution in [3.05, 3.63) is 90.0 Å². The Morgan fingerprint density at radius 1 is 0.879 bits per heavy atom. The fraction of sp³-hybridized carbons (Fsp3) is 0.500. The molecule has 0 bridgehead atoms. The number of hydrogen-bond donors (Lipinski definition) is 1. The zero-order valence-corrected chi connectivity index (χ0v) is 21.2. The van der Waals surface area contributed by atoms with E-state index in [2.05, 4.69) is 86.2 Å². The van der Waals surface area contributed by atoms with Crippen LogP contribution in [-0.4, -0.2) is 17.8 Å². The van der Waals surface area contributed by atoms with Crippen LogP contribution in [0.15, 0.2) is 73.1 Å². The molecule has 3 rings (SSSR count). The summed E-state index contributed by atoms with van der Waals surface area (Å²) in [6, 6.07) is 20.8. The normalized spacial score (nSPS) is 13.7. The standard InChI is InChI=1S/C16H30N2.C14H13B/c1-5-13(3)12-15(14(4)6-2)8-7-9-16-17-10-11-18-16;15-11-14(12-7-3-1-4-8-12)13-9-5-2-6-10-13/h10-11,13-15H,5-9,12H2,1-4H3,(H,17,18);1-10,14H,11H2. The highest BCUT2D eigenvalue weighted by atomic mass is 14.9. The van der Waals surface area contributed by atoms with Crippen molar-refractivity contribution in [2.24, 2.45) is 17.8 Å². The second-order valence-corrected chi connectivity index (χ2v) is 9.43. The van der Waals surface area contributed by atoms with Crippen LogP contribution in [0.5, 0.6) is 0 Å². The average molecular weight is 443 g/mol. The lowest BCUT2D eigenvalue weighted by Gasteiger charge is -2.25. The quantitative estimate of drug-likeness (QED) is 0.281. The van der Waals surface area contributed by atoms with E-state index in [1.165, 1.54) is 43.2 Å². The van der Waals surface area contributed by atoms with Gasteiger partial charge in [0.2, 0.25) is 0 Å². The summed E-state index contributed by atoms with van der Waals surface area (Å²) < 4.78 is 0. The first-order valence-corrected chi connectivity index (χ1v) is 12.9. The van der Waals surface area contributed by atoms with Crippen molar-refractivity contribution in [2.75, 3.05) is 0 Å². The van der Waals surface area contributed by atoms with Crippen LogP contribution in [0.4, 0.5) is 0 Å². The highest BCUT2D eigenvalue weighted by molar-refractivity contribution is 6.09. The van der Waals surface area contributed by atoms with Crippen LogP contribution in [0.1, 0.15) is 82.7 Å². The molecule has 0 aliphatic heterocycles. The molecule has 3 aromatic rings. The maximum atomic E-state index is 5.84. The van der Waals surface area contributed by atoms with Crippen molar-refractivity contribution >= 4 is 7.85 Å². The Hall–Kier alpha value is -2.29. The Labute approximate surface area is 204 Å². The third-order valence-electron chi connectivity index (χ3n) is 7.03. The minimum absolute atomic E-state index is 0.312. The molecular formula is C30H43BN2. The molecule has 33 heavy (non-hydrogen) atoms. The lowest BCUT2D eigenvalue weighted by molar-refractivity contribution is 0.260. The van der Waals surface area contributed by atoms with Gasteiger partial charge in [0.15, 0.2) is 0 Å². The molecule has 0 saturated carbocycles. The van der Waals surface area contributed by atoms with Crippen molar-refractivity contribution in [1.29, 1.82) is 0 Å². The summed E-state index contributed by atoms with van der Waals surface area (Å²) in [6.07, 6.45) is 12.1. The Bertz CT molecular complexity index is 793. The van der Waals surface area contributed by atoms with Crippen molar-refractivity contribution in [2.45, 2.75) is 78.5 Å². The molecule has 2 aromatic carbocycles. The summed E-state index contributed by atoms with van der Waals surface area (Å²) in [5.41, 5.74) is 2.57. The van der Waals surface area contributed by atoms with Gasteiger partial charge >= 0.3 is 0 Å². The highest BCUT2D eigenvalue weighted by Crippen LogP contribution is 2.29. The first-order chi connectivity index (χ1) is 16.1. The van der Waals surface area contributed by atoms with Gasteiger partial charge in [0, 0.05) is 24.7 Å². The summed E-state index contributed by atoms with van der Waals surface area (Å²) in [7, 11) is 5.84. The minimum Gasteiger partial charge on any atom is -0.349 e. The average Bonchev–Trinajstić information content (AvgIpc) is 3.38. The topological polar surface area (TPSA) is 28.7 Å². The molecule has 0 aliphatic carbocycles. The van der Waals surface area contributed by atoms with E-state index in [0.29, 0.717) is 12.2 Å². The third kappa shape index (κ3) is 9.62. The van der Waals surface area contributed by atoms with Gasteiger partial charge in [0.05, 0.1) is 7.85 Å². The van der Waals surface area contributed by atoms with Gasteiger partial charge in [0.25, 0.3) is 0 Å². The molecule has 1 N–H and O–H groups in total. The van der Waals surface area contributed by atoms with Crippen molar-refractivity contribution in [1.82, 2.24) is 9.97 Å². The molecule has 3 unspecified atom stereocenters. The Morgan fingerprint density at radius 2 is 1.48 bits per heavy atom. The molecule has 0 fully saturated rings. The monoisotopic (exact) mass is 442 g/mol. The van der Waals surface area contributed by atoms with E-state index in [1.54, 1.807) is 0 Å². The second kappa shape index (κ2) is 15.5. The molecule has 0 aliphatic rings. The van der Waals surface area contributed by atoms with Gasteiger partial charge < -0.3 is 4.98 Å². The Morgan fingerprint density at radius 3 is 1.94 bits per heavy atom. The van der Waals surface area contributed by atoms with Crippen molar-refractivity contribution < 1.29 is 0 Å². The fourth-order valence-corrected chi connectivity index (χ4v) is 4.45. The van der Waals surface area contributed by atoms with E-state index in [9.17, 15) is 0 Å². The van der Waals surface area contributed by atoms with Gasteiger partial charge in [0.1, 0.15) is 5.82 Å². The SMILES string of the molecule is CCC(C)CC(CCCc1ncc[nH]1)C(C)CC.[B]CC(c1ccccc1)c1ccccc1. The summed E-state index contributed by atoms with van der Waals surface area (Å²) in [4.78, 5) is 7.49. The van der Waals surface area contributed by atoms with E-state index in [0.717, 1.165) is 30.0 Å². The number of nitrogens with zero attached hydrogens (tertiary/aromatic N) is 1. The first-order valence-electron chi connectivity index (χ1n) is 12.9. The molecular weight excluding hydrogens is 399 g/mol. The fourth-order valence-electron chi connectivity index (χ4n) is 4.45. The van der Waals surface area contributed by atoms with Gasteiger partial charge in [-0.05, 0) is 48.1 Å². The largest absolute Gasteiger partial charge is 0.349 e. The molecule has 3 atom stereocenters. The van der Waals surface area contributed by atoms with E-state index >= 15 is 0 Å². The van der Waals surface area contributed by atoms with E-state index in [-0.39, 0.29) is 0 Å². The predicted molar refractivity (Wildman–Crippen MR) is 144 cm³/mol. The van der Waals surface area contributed by atoms with Crippen LogP contribution in [0.2, 0.25) is 6.32 Å². The third-order valence-corrected chi connectivity index (χ3v) is 7.03. The van der Waals surface area contributed by atoms with Gasteiger partial charge in [-0.25, -0.2) is 4.98 Å². The number of hydrogen-bond acceptors (Lipinski definition) is 1. The van der Waals surface area contributed by atoms with Crippen LogP contribution >= 0.6 is 0 Å². The number of H-pyrrole nitrogens is 1. The van der Waals surface area contributed by atoms with E-state index in [1.807, 2.05) is 24.5 Å². The van der Waals surface area contributed by atoms with Gasteiger partial charge in [-0.1, -0.05) is 108 Å². The van der Waals surface area contributed by atoms with E-state index < -0.39 is 0 Å². The molecule has 176 valence electrons. The lowest BCUT2D eigenvalue weighted by Crippen LogP contribution is -2.15. The number of aryl methyl sites for hydroxylation is 1. The maximum absolute atomic E-state index is 5.84. The summed E-state index contributed by atoms with van der Waals surface area (Å²) in [5, 5.41) is 0. The van der Waals surface area contributed by atoms with Gasteiger partial charge in [-0.3, -0.25) is 0 Å². The van der Waals surface area contributed by atoms with Gasteiger partial charge in [-0.2, -0.15) is 0 Å². The molecule has 0 saturated heterocycles. The smallest absolute Gasteiger partial charge is 0.105 e. The number of nitrogens with one attached hydrogen (secondary N) is 1. The van der Waals surface area contributed by atoms with Crippen LogP contribution in [-0.2, 0) is 6.42 Å². The van der Waals surface area contributed by atoms with Crippen LogP contribution in [0.3, 0.4) is 0 Å². The molecule has 1 aromatic heterocycles. The zero-order chi connectivity index (χ0) is 23.9. The number of aromatic nitrogens is 2. The summed E-state index contributed by atoms with van der Waals surface area (Å²) in [5.74, 6) is 4.07. The van der Waals surface area contributed by atoms with Crippen LogP contribution < -0.4 is 0 Å². The van der Waals surface area contributed by atoms with Crippen LogP contribution in [0, 0.1) is 17.8 Å². The van der Waals surface area contributed by atoms with Gasteiger partial charge in [-0.15, -0.1) is 0 Å². The number of imidazole rings is 1. The second-order valence-electron chi connectivity index (χ2n) is 9.43. The van der Waals surface area contributed by atoms with Crippen molar-refractivity contribution in [3.63, 3.8) is 0 Å². The summed E-state index contributed by atoms with van der Waals surface area (Å²) >= 11 is 0. The van der Waals surface area contributed by atoms with E-state index in [4.69, 9.17) is 7.85 Å². The molecule has 0 amide bonds. The number of rotatable bonds is 12. The molecule has 2 radical (unpaired) electrons. The number of benzene rings is 2. The highest BCUT2D eigenvalue weighted by Gasteiger charge is 2.18. The maximum Gasteiger partial charge on any atom is 0.105 e. The molecule has 1 heterocycles. The number of aromatic amines is 1. The van der Waals surface area contributed by atoms with Crippen molar-refractivity contribution in [3.8, 4) is 0 Å². The first kappa shape index (κ1) is 27.0. The predicted octanol–water partition coefficient (Wildman–Crippen LogP) is 8.24. The molecule has 2 nitrogen and oxygen atoms in total. The van der Waals surface area contributed by atoms with Crippen LogP contribution in [0.25, 0.3) is 0 Å². The molecule has 3 heteroatoms. The molecule has 0 spiro atoms. The Balaban J connectivity index is 0.000000237. The summed E-state index contributed by atoms with van der Waals surface area (Å²) in [6.45, 7) is 9.43. The lowest BCUT2D eigenvalue weighted by atomic mass is 9.80. The Kier molecular flexibility index (Phi) is 12.7.